The van der Waals surface area contributed by atoms with Crippen molar-refractivity contribution in [3.63, 3.8) is 0 Å². The van der Waals surface area contributed by atoms with Gasteiger partial charge in [-0.15, -0.1) is 0 Å². The second-order valence-electron chi connectivity index (χ2n) is 6.04. The number of halogens is 2. The summed E-state index contributed by atoms with van der Waals surface area (Å²) in [4.78, 5) is 24.1. The quantitative estimate of drug-likeness (QED) is 0.885. The molecule has 142 valence electrons. The van der Waals surface area contributed by atoms with Gasteiger partial charge in [-0.25, -0.2) is 8.78 Å². The van der Waals surface area contributed by atoms with Crippen molar-refractivity contribution >= 4 is 12.0 Å². The highest BCUT2D eigenvalue weighted by atomic mass is 19.3. The van der Waals surface area contributed by atoms with Crippen molar-refractivity contribution in [2.45, 2.75) is 13.0 Å². The fraction of sp³-hybridized carbons (Fsp3) is 0.263. The number of hydrogen-bond donors (Lipinski definition) is 1. The molecule has 0 radical (unpaired) electrons. The summed E-state index contributed by atoms with van der Waals surface area (Å²) in [7, 11) is 0. The molecule has 6 nitrogen and oxygen atoms in total. The molecule has 0 aromatic heterocycles. The molecule has 2 amide bonds. The van der Waals surface area contributed by atoms with E-state index < -0.39 is 25.0 Å². The van der Waals surface area contributed by atoms with Crippen LogP contribution < -0.4 is 15.2 Å². The van der Waals surface area contributed by atoms with E-state index in [4.69, 9.17) is 4.74 Å². The molecule has 0 fully saturated rings. The highest BCUT2D eigenvalue weighted by Gasteiger charge is 2.16. The number of hydrogen-bond acceptors (Lipinski definition) is 4. The molecule has 2 aromatic rings. The van der Waals surface area contributed by atoms with Crippen molar-refractivity contribution < 1.29 is 28.2 Å². The Hall–Kier alpha value is -3.16. The lowest BCUT2D eigenvalue weighted by atomic mass is 10.0. The maximum absolute atomic E-state index is 12.2. The van der Waals surface area contributed by atoms with E-state index in [1.807, 2.05) is 12.1 Å². The molecule has 0 saturated heterocycles. The van der Waals surface area contributed by atoms with E-state index >= 15 is 0 Å². The Bertz CT molecular complexity index is 840. The molecule has 0 aliphatic carbocycles. The van der Waals surface area contributed by atoms with Crippen LogP contribution in [0.5, 0.6) is 5.75 Å². The molecule has 27 heavy (non-hydrogen) atoms. The lowest BCUT2D eigenvalue weighted by Gasteiger charge is -2.22. The summed E-state index contributed by atoms with van der Waals surface area (Å²) in [5, 5.41) is 13.3. The van der Waals surface area contributed by atoms with Crippen molar-refractivity contribution in [2.24, 2.45) is 0 Å². The smallest absolute Gasteiger partial charge is 0.255 e. The molecular weight excluding hydrogens is 358 g/mol. The minimum atomic E-state index is -2.60. The summed E-state index contributed by atoms with van der Waals surface area (Å²) in [6, 6.07) is 11.9. The van der Waals surface area contributed by atoms with Crippen LogP contribution in [0.3, 0.4) is 0 Å². The van der Waals surface area contributed by atoms with Gasteiger partial charge in [0.25, 0.3) is 12.3 Å². The first kappa shape index (κ1) is 18.6. The molecule has 0 atom stereocenters. The van der Waals surface area contributed by atoms with Crippen LogP contribution in [0, 0.1) is 0 Å². The second kappa shape index (κ2) is 8.03. The van der Waals surface area contributed by atoms with Gasteiger partial charge in [-0.1, -0.05) is 18.2 Å². The van der Waals surface area contributed by atoms with Crippen LogP contribution in [0.15, 0.2) is 42.5 Å². The van der Waals surface area contributed by atoms with E-state index in [1.54, 1.807) is 30.3 Å². The number of fused-ring (bicyclic) bond motifs is 1. The van der Waals surface area contributed by atoms with Crippen LogP contribution >= 0.6 is 0 Å². The van der Waals surface area contributed by atoms with Gasteiger partial charge in [-0.3, -0.25) is 4.79 Å². The van der Waals surface area contributed by atoms with Gasteiger partial charge in [0.1, 0.15) is 18.4 Å². The summed E-state index contributed by atoms with van der Waals surface area (Å²) in [5.41, 5.74) is 2.61. The molecule has 0 bridgehead atoms. The topological polar surface area (TPSA) is 81.7 Å². The first-order valence-electron chi connectivity index (χ1n) is 8.32. The van der Waals surface area contributed by atoms with E-state index in [0.29, 0.717) is 11.3 Å². The van der Waals surface area contributed by atoms with Gasteiger partial charge in [0.2, 0.25) is 0 Å². The molecule has 3 rings (SSSR count). The molecule has 8 heteroatoms. The van der Waals surface area contributed by atoms with Crippen molar-refractivity contribution in [3.05, 3.63) is 53.6 Å². The van der Waals surface area contributed by atoms with Crippen molar-refractivity contribution in [3.8, 4) is 16.9 Å². The Morgan fingerprint density at radius 3 is 2.52 bits per heavy atom. The normalized spacial score (nSPS) is 13.5. The Kier molecular flexibility index (Phi) is 5.54. The maximum Gasteiger partial charge on any atom is 0.255 e. The van der Waals surface area contributed by atoms with Crippen molar-refractivity contribution in [2.75, 3.05) is 19.7 Å². The third-order valence-electron chi connectivity index (χ3n) is 4.20. The second-order valence-corrected chi connectivity index (χ2v) is 6.04. The molecule has 2 aromatic carbocycles. The number of carbonyl (C=O) groups is 2. The number of nitrogens with zero attached hydrogens (tertiary/aromatic N) is 1. The molecular formula is C19H17F2N2O4-. The summed E-state index contributed by atoms with van der Waals surface area (Å²) >= 11 is 0. The average molecular weight is 375 g/mol. The van der Waals surface area contributed by atoms with E-state index in [9.17, 15) is 23.5 Å². The molecule has 1 N–H and O–H groups in total. The number of amides is 2. The zero-order valence-electron chi connectivity index (χ0n) is 14.3. The lowest BCUT2D eigenvalue weighted by Crippen LogP contribution is -2.41. The zero-order chi connectivity index (χ0) is 19.4. The molecule has 0 spiro atoms. The third kappa shape index (κ3) is 4.52. The largest absolute Gasteiger partial charge is 0.530 e. The standard InChI is InChI=1S/C19H18F2N2O4/c20-17(21)10-22-18(24)13-3-1-12(2-4-13)14-5-6-16-15(9-14)11-23(19(25)26)7-8-27-16/h1-6,9,17H,7-8,10-11H2,(H,22,24)(H,25,26)/p-1. The van der Waals surface area contributed by atoms with E-state index in [0.717, 1.165) is 11.1 Å². The third-order valence-corrected chi connectivity index (χ3v) is 4.20. The molecule has 1 aliphatic heterocycles. The Morgan fingerprint density at radius 2 is 1.85 bits per heavy atom. The van der Waals surface area contributed by atoms with E-state index in [1.165, 1.54) is 4.90 Å². The minimum Gasteiger partial charge on any atom is -0.530 e. The fourth-order valence-corrected chi connectivity index (χ4v) is 2.82. The lowest BCUT2D eigenvalue weighted by molar-refractivity contribution is -0.266. The van der Waals surface area contributed by atoms with Crippen molar-refractivity contribution in [1.29, 1.82) is 0 Å². The molecule has 0 unspecified atom stereocenters. The van der Waals surface area contributed by atoms with Crippen molar-refractivity contribution in [1.82, 2.24) is 10.2 Å². The van der Waals surface area contributed by atoms with Gasteiger partial charge in [0.05, 0.1) is 13.1 Å². The number of alkyl halides is 2. The van der Waals surface area contributed by atoms with Gasteiger partial charge in [0.15, 0.2) is 0 Å². The Morgan fingerprint density at radius 1 is 1.15 bits per heavy atom. The zero-order valence-corrected chi connectivity index (χ0v) is 14.3. The van der Waals surface area contributed by atoms with Crippen LogP contribution in [0.2, 0.25) is 0 Å². The molecule has 0 saturated carbocycles. The first-order chi connectivity index (χ1) is 12.9. The monoisotopic (exact) mass is 375 g/mol. The van der Waals surface area contributed by atoms with Gasteiger partial charge in [0, 0.05) is 17.7 Å². The number of rotatable bonds is 4. The molecule has 1 heterocycles. The van der Waals surface area contributed by atoms with Crippen LogP contribution in [0.1, 0.15) is 15.9 Å². The summed E-state index contributed by atoms with van der Waals surface area (Å²) in [6.45, 7) is -0.0442. The average Bonchev–Trinajstić information content (AvgIpc) is 2.88. The number of ether oxygens (including phenoxy) is 1. The predicted octanol–water partition coefficient (Wildman–Crippen LogP) is 1.89. The van der Waals surface area contributed by atoms with E-state index in [-0.39, 0.29) is 25.3 Å². The number of benzene rings is 2. The Labute approximate surface area is 154 Å². The van der Waals surface area contributed by atoms with Gasteiger partial charge >= 0.3 is 0 Å². The Balaban J connectivity index is 1.79. The van der Waals surface area contributed by atoms with Crippen LogP contribution in [-0.4, -0.2) is 43.0 Å². The fourth-order valence-electron chi connectivity index (χ4n) is 2.82. The SMILES string of the molecule is O=C(NCC(F)F)c1ccc(-c2ccc3c(c2)CN(C(=O)[O-])CCO3)cc1. The predicted molar refractivity (Wildman–Crippen MR) is 91.5 cm³/mol. The summed E-state index contributed by atoms with van der Waals surface area (Å²) in [6.07, 6.45) is -3.85. The molecule has 1 aliphatic rings. The number of carbonyl (C=O) groups excluding carboxylic acids is 2. The maximum atomic E-state index is 12.2. The van der Waals surface area contributed by atoms with Gasteiger partial charge in [-0.05, 0) is 35.4 Å². The minimum absolute atomic E-state index is 0.166. The van der Waals surface area contributed by atoms with Gasteiger partial charge in [-0.2, -0.15) is 0 Å². The first-order valence-corrected chi connectivity index (χ1v) is 8.32. The number of carboxylic acid groups (broad SMARTS) is 1. The van der Waals surface area contributed by atoms with Crippen LogP contribution in [0.25, 0.3) is 11.1 Å². The highest BCUT2D eigenvalue weighted by molar-refractivity contribution is 5.94. The van der Waals surface area contributed by atoms with Gasteiger partial charge < -0.3 is 24.9 Å². The number of nitrogens with one attached hydrogen (secondary N) is 1. The highest BCUT2D eigenvalue weighted by Crippen LogP contribution is 2.29. The van der Waals surface area contributed by atoms with E-state index in [2.05, 4.69) is 5.32 Å². The summed E-state index contributed by atoms with van der Waals surface area (Å²) in [5.74, 6) is 0.0484. The summed E-state index contributed by atoms with van der Waals surface area (Å²) < 4.78 is 29.9. The van der Waals surface area contributed by atoms with Crippen LogP contribution in [0.4, 0.5) is 13.6 Å². The van der Waals surface area contributed by atoms with Crippen LogP contribution in [-0.2, 0) is 6.54 Å².